The molecule has 0 saturated heterocycles. The number of carbonyl (C=O) groups is 1. The van der Waals surface area contributed by atoms with Crippen molar-refractivity contribution in [1.82, 2.24) is 20.2 Å². The van der Waals surface area contributed by atoms with Crippen LogP contribution < -0.4 is 9.47 Å². The van der Waals surface area contributed by atoms with Crippen molar-refractivity contribution in [2.45, 2.75) is 25.9 Å². The van der Waals surface area contributed by atoms with Gasteiger partial charge in [-0.05, 0) is 52.2 Å². The van der Waals surface area contributed by atoms with Crippen LogP contribution in [0, 0.1) is 0 Å². The average Bonchev–Trinajstić information content (AvgIpc) is 3.28. The number of benzene rings is 3. The number of hydrogen-bond acceptors (Lipinski definition) is 6. The molecule has 0 saturated carbocycles. The van der Waals surface area contributed by atoms with E-state index in [9.17, 15) is 9.90 Å². The molecule has 0 aliphatic heterocycles. The van der Waals surface area contributed by atoms with Crippen LogP contribution in [0.25, 0.3) is 11.1 Å². The Bertz CT molecular complexity index is 1240. The number of aromatic nitrogens is 4. The van der Waals surface area contributed by atoms with Crippen molar-refractivity contribution >= 4 is 5.97 Å². The normalized spacial score (nSPS) is 11.7. The highest BCUT2D eigenvalue weighted by atomic mass is 16.5. The van der Waals surface area contributed by atoms with Crippen LogP contribution in [0.2, 0.25) is 0 Å². The van der Waals surface area contributed by atoms with E-state index in [-0.39, 0.29) is 6.42 Å². The molecule has 0 fully saturated rings. The fraction of sp³-hybridized carbons (Fsp3) is 0.231. The molecule has 0 spiro atoms. The number of tetrazole rings is 1. The molecule has 0 bridgehead atoms. The lowest BCUT2D eigenvalue weighted by Gasteiger charge is -2.15. The maximum atomic E-state index is 11.4. The summed E-state index contributed by atoms with van der Waals surface area (Å²) in [6.07, 6.45) is -0.111. The summed E-state index contributed by atoms with van der Waals surface area (Å²) in [4.78, 5) is 11.4. The van der Waals surface area contributed by atoms with Crippen LogP contribution >= 0.6 is 0 Å². The molecule has 3 aromatic carbocycles. The van der Waals surface area contributed by atoms with Crippen molar-refractivity contribution in [2.24, 2.45) is 7.05 Å². The van der Waals surface area contributed by atoms with Crippen molar-refractivity contribution in [1.29, 1.82) is 0 Å². The van der Waals surface area contributed by atoms with Crippen LogP contribution in [0.4, 0.5) is 0 Å². The first-order chi connectivity index (χ1) is 16.5. The van der Waals surface area contributed by atoms with Gasteiger partial charge in [-0.3, -0.25) is 4.79 Å². The van der Waals surface area contributed by atoms with Crippen molar-refractivity contribution in [3.05, 3.63) is 89.7 Å². The van der Waals surface area contributed by atoms with E-state index in [0.29, 0.717) is 24.8 Å². The van der Waals surface area contributed by atoms with Crippen molar-refractivity contribution in [2.75, 3.05) is 6.61 Å². The summed E-state index contributed by atoms with van der Waals surface area (Å²) in [6.45, 7) is 2.86. The largest absolute Gasteiger partial charge is 0.493 e. The maximum Gasteiger partial charge on any atom is 0.304 e. The van der Waals surface area contributed by atoms with E-state index in [4.69, 9.17) is 9.47 Å². The highest BCUT2D eigenvalue weighted by Crippen LogP contribution is 2.30. The molecule has 1 aromatic heterocycles. The molecular weight excluding hydrogens is 432 g/mol. The quantitative estimate of drug-likeness (QED) is 0.374. The Morgan fingerprint density at radius 2 is 1.76 bits per heavy atom. The van der Waals surface area contributed by atoms with Gasteiger partial charge in [0.25, 0.3) is 0 Å². The number of ether oxygens (including phenoxy) is 2. The predicted molar refractivity (Wildman–Crippen MR) is 127 cm³/mol. The molecule has 1 N–H and O–H groups in total. The topological polar surface area (TPSA) is 99.4 Å². The number of nitrogens with zero attached hydrogens (tertiary/aromatic N) is 4. The Hall–Kier alpha value is -4.20. The summed E-state index contributed by atoms with van der Waals surface area (Å²) in [7, 11) is 1.70. The Labute approximate surface area is 197 Å². The van der Waals surface area contributed by atoms with E-state index < -0.39 is 11.9 Å². The van der Waals surface area contributed by atoms with E-state index in [0.717, 1.165) is 28.0 Å². The summed E-state index contributed by atoms with van der Waals surface area (Å²) in [5, 5.41) is 20.8. The van der Waals surface area contributed by atoms with Gasteiger partial charge >= 0.3 is 5.97 Å². The molecule has 0 aliphatic rings. The molecule has 4 aromatic rings. The van der Waals surface area contributed by atoms with E-state index in [1.807, 2.05) is 61.5 Å². The molecule has 8 nitrogen and oxygen atoms in total. The molecule has 0 radical (unpaired) electrons. The Morgan fingerprint density at radius 3 is 2.41 bits per heavy atom. The second-order valence-electron chi connectivity index (χ2n) is 7.79. The van der Waals surface area contributed by atoms with Crippen LogP contribution in [0.15, 0.2) is 72.8 Å². The molecule has 174 valence electrons. The lowest BCUT2D eigenvalue weighted by Crippen LogP contribution is -2.13. The van der Waals surface area contributed by atoms with E-state index in [2.05, 4.69) is 33.7 Å². The van der Waals surface area contributed by atoms with E-state index >= 15 is 0 Å². The molecule has 1 heterocycles. The zero-order valence-corrected chi connectivity index (χ0v) is 19.1. The highest BCUT2D eigenvalue weighted by Gasteiger charge is 2.23. The fourth-order valence-corrected chi connectivity index (χ4v) is 3.80. The Morgan fingerprint density at radius 1 is 1.00 bits per heavy atom. The van der Waals surface area contributed by atoms with Crippen LogP contribution in [0.3, 0.4) is 0 Å². The Kier molecular flexibility index (Phi) is 7.17. The number of carboxylic acid groups (broad SMARTS) is 1. The third-order valence-corrected chi connectivity index (χ3v) is 5.49. The van der Waals surface area contributed by atoms with Gasteiger partial charge in [0.1, 0.15) is 18.1 Å². The summed E-state index contributed by atoms with van der Waals surface area (Å²) in [5.41, 5.74) is 3.95. The number of carboxylic acids is 1. The first kappa shape index (κ1) is 23.0. The smallest absolute Gasteiger partial charge is 0.304 e. The maximum absolute atomic E-state index is 11.4. The standard InChI is InChI=1S/C26H26N4O4/c1-3-33-24-15-20(18-7-5-4-6-8-18)9-10-21(24)17-34-22-13-11-19(12-14-22)23(16-25(31)32)26-27-28-29-30(26)2/h4-15,23H,3,16-17H2,1-2H3,(H,31,32)/t23-/m0/s1. The van der Waals surface area contributed by atoms with Gasteiger partial charge in [0.05, 0.1) is 18.9 Å². The molecule has 0 unspecified atom stereocenters. The van der Waals surface area contributed by atoms with Gasteiger partial charge in [0.15, 0.2) is 5.82 Å². The van der Waals surface area contributed by atoms with Crippen LogP contribution in [0.5, 0.6) is 11.5 Å². The highest BCUT2D eigenvalue weighted by molar-refractivity contribution is 5.69. The number of hydrogen-bond donors (Lipinski definition) is 1. The molecule has 1 atom stereocenters. The number of aryl methyl sites for hydroxylation is 1. The molecule has 0 amide bonds. The summed E-state index contributed by atoms with van der Waals surface area (Å²) >= 11 is 0. The second kappa shape index (κ2) is 10.6. The summed E-state index contributed by atoms with van der Waals surface area (Å²) < 4.78 is 13.4. The van der Waals surface area contributed by atoms with Gasteiger partial charge in [-0.25, -0.2) is 4.68 Å². The van der Waals surface area contributed by atoms with Crippen LogP contribution in [-0.2, 0) is 18.4 Å². The van der Waals surface area contributed by atoms with Gasteiger partial charge in [-0.1, -0.05) is 54.6 Å². The second-order valence-corrected chi connectivity index (χ2v) is 7.79. The molecule has 8 heteroatoms. The summed E-state index contributed by atoms with van der Waals surface area (Å²) in [5.74, 6) is 0.577. The number of rotatable bonds is 10. The molecule has 4 rings (SSSR count). The van der Waals surface area contributed by atoms with E-state index in [1.165, 1.54) is 4.68 Å². The SMILES string of the molecule is CCOc1cc(-c2ccccc2)ccc1COc1ccc([C@H](CC(=O)O)c2nnnn2C)cc1. The first-order valence-corrected chi connectivity index (χ1v) is 11.0. The van der Waals surface area contributed by atoms with Crippen LogP contribution in [0.1, 0.15) is 36.2 Å². The fourth-order valence-electron chi connectivity index (χ4n) is 3.80. The minimum absolute atomic E-state index is 0.111. The van der Waals surface area contributed by atoms with Gasteiger partial charge in [0, 0.05) is 12.6 Å². The molecular formula is C26H26N4O4. The third-order valence-electron chi connectivity index (χ3n) is 5.49. The minimum atomic E-state index is -0.921. The lowest BCUT2D eigenvalue weighted by atomic mass is 9.95. The zero-order valence-electron chi connectivity index (χ0n) is 19.1. The molecule has 0 aliphatic carbocycles. The first-order valence-electron chi connectivity index (χ1n) is 11.0. The van der Waals surface area contributed by atoms with Gasteiger partial charge in [0.2, 0.25) is 0 Å². The van der Waals surface area contributed by atoms with Gasteiger partial charge < -0.3 is 14.6 Å². The van der Waals surface area contributed by atoms with Crippen molar-refractivity contribution in [3.63, 3.8) is 0 Å². The van der Waals surface area contributed by atoms with Gasteiger partial charge in [-0.2, -0.15) is 0 Å². The zero-order chi connectivity index (χ0) is 23.9. The number of aliphatic carboxylic acids is 1. The predicted octanol–water partition coefficient (Wildman–Crippen LogP) is 4.46. The van der Waals surface area contributed by atoms with Crippen molar-refractivity contribution < 1.29 is 19.4 Å². The van der Waals surface area contributed by atoms with Crippen LogP contribution in [-0.4, -0.2) is 37.9 Å². The van der Waals surface area contributed by atoms with Crippen molar-refractivity contribution in [3.8, 4) is 22.6 Å². The monoisotopic (exact) mass is 458 g/mol. The Balaban J connectivity index is 1.49. The van der Waals surface area contributed by atoms with E-state index in [1.54, 1.807) is 7.05 Å². The average molecular weight is 459 g/mol. The summed E-state index contributed by atoms with van der Waals surface area (Å²) in [6, 6.07) is 23.6. The lowest BCUT2D eigenvalue weighted by molar-refractivity contribution is -0.137. The minimum Gasteiger partial charge on any atom is -0.493 e. The van der Waals surface area contributed by atoms with Gasteiger partial charge in [-0.15, -0.1) is 5.10 Å². The third kappa shape index (κ3) is 5.40. The molecule has 34 heavy (non-hydrogen) atoms.